The third kappa shape index (κ3) is 2.72. The van der Waals surface area contributed by atoms with Gasteiger partial charge in [-0.1, -0.05) is 29.8 Å². The molecule has 0 radical (unpaired) electrons. The van der Waals surface area contributed by atoms with Crippen LogP contribution in [0.1, 0.15) is 11.1 Å². The Morgan fingerprint density at radius 1 is 1.05 bits per heavy atom. The summed E-state index contributed by atoms with van der Waals surface area (Å²) in [7, 11) is 1.97. The van der Waals surface area contributed by atoms with Crippen molar-refractivity contribution >= 4 is 22.5 Å². The smallest absolute Gasteiger partial charge is 0.0483 e. The second-order valence-electron chi connectivity index (χ2n) is 5.00. The van der Waals surface area contributed by atoms with Crippen LogP contribution in [-0.4, -0.2) is 11.6 Å². The number of nitrogens with zero attached hydrogens (tertiary/aromatic N) is 1. The first-order valence-electron chi connectivity index (χ1n) is 6.73. The largest absolute Gasteiger partial charge is 0.343 e. The van der Waals surface area contributed by atoms with E-state index in [2.05, 4.69) is 46.4 Å². The minimum Gasteiger partial charge on any atom is -0.343 e. The van der Waals surface area contributed by atoms with Gasteiger partial charge in [0.25, 0.3) is 0 Å². The van der Waals surface area contributed by atoms with Crippen molar-refractivity contribution in [1.29, 1.82) is 0 Å². The van der Waals surface area contributed by atoms with Crippen LogP contribution in [-0.2, 0) is 13.1 Å². The van der Waals surface area contributed by atoms with E-state index in [1.54, 1.807) is 0 Å². The van der Waals surface area contributed by atoms with Crippen LogP contribution in [0.25, 0.3) is 10.9 Å². The highest BCUT2D eigenvalue weighted by molar-refractivity contribution is 6.30. The van der Waals surface area contributed by atoms with Crippen LogP contribution in [0, 0.1) is 0 Å². The lowest BCUT2D eigenvalue weighted by molar-refractivity contribution is 0.817. The molecule has 0 aliphatic carbocycles. The minimum atomic E-state index is 0.787. The van der Waals surface area contributed by atoms with E-state index in [-0.39, 0.29) is 0 Å². The fourth-order valence-electron chi connectivity index (χ4n) is 2.53. The van der Waals surface area contributed by atoms with E-state index in [0.29, 0.717) is 0 Å². The van der Waals surface area contributed by atoms with Gasteiger partial charge >= 0.3 is 0 Å². The fourth-order valence-corrected chi connectivity index (χ4v) is 2.75. The van der Waals surface area contributed by atoms with Crippen LogP contribution in [0.4, 0.5) is 0 Å². The van der Waals surface area contributed by atoms with Crippen molar-refractivity contribution in [3.05, 3.63) is 70.9 Å². The number of hydrogen-bond donors (Lipinski definition) is 1. The highest BCUT2D eigenvalue weighted by Crippen LogP contribution is 2.20. The molecular weight excluding hydrogens is 268 g/mol. The number of hydrogen-bond acceptors (Lipinski definition) is 1. The molecule has 0 bridgehead atoms. The summed E-state index contributed by atoms with van der Waals surface area (Å²) in [6, 6.07) is 16.8. The lowest BCUT2D eigenvalue weighted by Crippen LogP contribution is -2.04. The Balaban J connectivity index is 1.92. The summed E-state index contributed by atoms with van der Waals surface area (Å²) in [6.07, 6.45) is 2.13. The molecule has 0 aliphatic rings. The van der Waals surface area contributed by atoms with Crippen molar-refractivity contribution in [1.82, 2.24) is 9.88 Å². The van der Waals surface area contributed by atoms with Crippen LogP contribution in [0.2, 0.25) is 5.02 Å². The third-order valence-corrected chi connectivity index (χ3v) is 3.69. The van der Waals surface area contributed by atoms with Crippen LogP contribution >= 0.6 is 11.6 Å². The predicted molar refractivity (Wildman–Crippen MR) is 85.3 cm³/mol. The highest BCUT2D eigenvalue weighted by atomic mass is 35.5. The van der Waals surface area contributed by atoms with Crippen LogP contribution in [0.15, 0.2) is 54.7 Å². The van der Waals surface area contributed by atoms with Crippen LogP contribution in [0.3, 0.4) is 0 Å². The standard InChI is InChI=1S/C17H17ClN2/c1-19-11-13-5-6-17-15(9-13)7-8-20(17)12-14-3-2-4-16(18)10-14/h2-10,19H,11-12H2,1H3. The topological polar surface area (TPSA) is 17.0 Å². The molecule has 102 valence electrons. The summed E-state index contributed by atoms with van der Waals surface area (Å²) in [5.41, 5.74) is 3.78. The number of halogens is 1. The quantitative estimate of drug-likeness (QED) is 0.764. The predicted octanol–water partition coefficient (Wildman–Crippen LogP) is 4.06. The van der Waals surface area contributed by atoms with Gasteiger partial charge < -0.3 is 9.88 Å². The van der Waals surface area contributed by atoms with Gasteiger partial charge in [0.2, 0.25) is 0 Å². The van der Waals surface area contributed by atoms with Gasteiger partial charge in [0.05, 0.1) is 0 Å². The van der Waals surface area contributed by atoms with Crippen molar-refractivity contribution in [2.24, 2.45) is 0 Å². The maximum atomic E-state index is 6.04. The molecular formula is C17H17ClN2. The fraction of sp³-hybridized carbons (Fsp3) is 0.176. The molecule has 1 heterocycles. The molecule has 0 atom stereocenters. The monoisotopic (exact) mass is 284 g/mol. The van der Waals surface area contributed by atoms with E-state index in [1.165, 1.54) is 22.0 Å². The molecule has 1 aromatic heterocycles. The van der Waals surface area contributed by atoms with Gasteiger partial charge in [-0.25, -0.2) is 0 Å². The number of rotatable bonds is 4. The summed E-state index contributed by atoms with van der Waals surface area (Å²) in [5, 5.41) is 5.24. The second kappa shape index (κ2) is 5.70. The zero-order chi connectivity index (χ0) is 13.9. The van der Waals surface area contributed by atoms with E-state index in [4.69, 9.17) is 11.6 Å². The molecule has 3 rings (SSSR count). The second-order valence-corrected chi connectivity index (χ2v) is 5.43. The van der Waals surface area contributed by atoms with Gasteiger partial charge in [0.15, 0.2) is 0 Å². The Morgan fingerprint density at radius 3 is 2.75 bits per heavy atom. The zero-order valence-corrected chi connectivity index (χ0v) is 12.2. The van der Waals surface area contributed by atoms with Crippen molar-refractivity contribution < 1.29 is 0 Å². The van der Waals surface area contributed by atoms with E-state index in [9.17, 15) is 0 Å². The van der Waals surface area contributed by atoms with Gasteiger partial charge in [-0.15, -0.1) is 0 Å². The minimum absolute atomic E-state index is 0.787. The van der Waals surface area contributed by atoms with Gasteiger partial charge in [-0.3, -0.25) is 0 Å². The molecule has 2 aromatic carbocycles. The molecule has 20 heavy (non-hydrogen) atoms. The summed E-state index contributed by atoms with van der Waals surface area (Å²) in [4.78, 5) is 0. The summed E-state index contributed by atoms with van der Waals surface area (Å²) in [5.74, 6) is 0. The normalized spacial score (nSPS) is 11.1. The molecule has 2 nitrogen and oxygen atoms in total. The summed E-state index contributed by atoms with van der Waals surface area (Å²) in [6.45, 7) is 1.74. The number of nitrogens with one attached hydrogen (secondary N) is 1. The van der Waals surface area contributed by atoms with Crippen LogP contribution in [0.5, 0.6) is 0 Å². The third-order valence-electron chi connectivity index (χ3n) is 3.46. The average Bonchev–Trinajstić information content (AvgIpc) is 2.82. The lowest BCUT2D eigenvalue weighted by atomic mass is 10.1. The van der Waals surface area contributed by atoms with Crippen molar-refractivity contribution in [2.45, 2.75) is 13.1 Å². The van der Waals surface area contributed by atoms with Gasteiger partial charge in [-0.2, -0.15) is 0 Å². The van der Waals surface area contributed by atoms with Gasteiger partial charge in [0.1, 0.15) is 0 Å². The summed E-state index contributed by atoms with van der Waals surface area (Å²) < 4.78 is 2.25. The molecule has 0 spiro atoms. The Kier molecular flexibility index (Phi) is 3.77. The first-order chi connectivity index (χ1) is 9.76. The Hall–Kier alpha value is -1.77. The van der Waals surface area contributed by atoms with E-state index in [0.717, 1.165) is 18.1 Å². The van der Waals surface area contributed by atoms with Crippen molar-refractivity contribution in [3.8, 4) is 0 Å². The van der Waals surface area contributed by atoms with Gasteiger partial charge in [0, 0.05) is 29.8 Å². The molecule has 3 heteroatoms. The van der Waals surface area contributed by atoms with E-state index < -0.39 is 0 Å². The highest BCUT2D eigenvalue weighted by Gasteiger charge is 2.03. The Labute approximate surface area is 124 Å². The maximum absolute atomic E-state index is 6.04. The number of fused-ring (bicyclic) bond motifs is 1. The maximum Gasteiger partial charge on any atom is 0.0483 e. The number of benzene rings is 2. The SMILES string of the molecule is CNCc1ccc2c(ccn2Cc2cccc(Cl)c2)c1. The van der Waals surface area contributed by atoms with Gasteiger partial charge in [-0.05, 0) is 53.9 Å². The first-order valence-corrected chi connectivity index (χ1v) is 7.11. The molecule has 0 saturated heterocycles. The Morgan fingerprint density at radius 2 is 1.95 bits per heavy atom. The molecule has 0 aliphatic heterocycles. The summed E-state index contributed by atoms with van der Waals surface area (Å²) >= 11 is 6.04. The zero-order valence-electron chi connectivity index (χ0n) is 11.4. The van der Waals surface area contributed by atoms with E-state index >= 15 is 0 Å². The molecule has 1 N–H and O–H groups in total. The number of aromatic nitrogens is 1. The lowest BCUT2D eigenvalue weighted by Gasteiger charge is -2.07. The Bertz CT molecular complexity index is 731. The first kappa shape index (κ1) is 13.2. The van der Waals surface area contributed by atoms with Crippen LogP contribution < -0.4 is 5.32 Å². The molecule has 0 fully saturated rings. The molecule has 3 aromatic rings. The molecule has 0 amide bonds. The van der Waals surface area contributed by atoms with E-state index in [1.807, 2.05) is 25.2 Å². The van der Waals surface area contributed by atoms with Crippen molar-refractivity contribution in [2.75, 3.05) is 7.05 Å². The van der Waals surface area contributed by atoms with Crippen molar-refractivity contribution in [3.63, 3.8) is 0 Å². The molecule has 0 unspecified atom stereocenters. The molecule has 0 saturated carbocycles. The average molecular weight is 285 g/mol.